The summed E-state index contributed by atoms with van der Waals surface area (Å²) in [4.78, 5) is 30.5. The third-order valence-electron chi connectivity index (χ3n) is 4.70. The van der Waals surface area contributed by atoms with Crippen LogP contribution in [0.2, 0.25) is 0 Å². The fourth-order valence-electron chi connectivity index (χ4n) is 3.41. The molecule has 2 amide bonds. The number of piperazine rings is 1. The van der Waals surface area contributed by atoms with Crippen molar-refractivity contribution >= 4 is 29.9 Å². The number of nitrogens with two attached hydrogens (primary N) is 1. The molecule has 2 saturated heterocycles. The number of para-hydroxylation sites is 1. The van der Waals surface area contributed by atoms with Crippen LogP contribution in [0.5, 0.6) is 0 Å². The minimum atomic E-state index is -0.455. The summed E-state index contributed by atoms with van der Waals surface area (Å²) in [6, 6.07) is 9.28. The van der Waals surface area contributed by atoms with E-state index in [1.165, 1.54) is 0 Å². The average Bonchev–Trinajstić information content (AvgIpc) is 2.96. The fraction of sp³-hybridized carbons (Fsp3) is 0.529. The molecule has 1 aromatic carbocycles. The summed E-state index contributed by atoms with van der Waals surface area (Å²) >= 11 is 0. The fourth-order valence-corrected chi connectivity index (χ4v) is 3.41. The zero-order valence-electron chi connectivity index (χ0n) is 13.9. The largest absolute Gasteiger partial charge is 0.339 e. The maximum atomic E-state index is 12.7. The molecular weight excluding hydrogens is 328 g/mol. The Labute approximate surface area is 149 Å². The summed E-state index contributed by atoms with van der Waals surface area (Å²) < 4.78 is 0. The van der Waals surface area contributed by atoms with Gasteiger partial charge in [-0.25, -0.2) is 0 Å². The van der Waals surface area contributed by atoms with E-state index in [4.69, 9.17) is 5.73 Å². The van der Waals surface area contributed by atoms with Crippen LogP contribution in [0.4, 0.5) is 5.69 Å². The molecule has 2 fully saturated rings. The van der Waals surface area contributed by atoms with Gasteiger partial charge in [-0.2, -0.15) is 0 Å². The zero-order chi connectivity index (χ0) is 16.4. The van der Waals surface area contributed by atoms with Gasteiger partial charge < -0.3 is 15.5 Å². The molecule has 0 radical (unpaired) electrons. The van der Waals surface area contributed by atoms with Gasteiger partial charge in [0.05, 0.1) is 12.1 Å². The van der Waals surface area contributed by atoms with Gasteiger partial charge in [0.15, 0.2) is 0 Å². The summed E-state index contributed by atoms with van der Waals surface area (Å²) in [5.74, 6) is 0.163. The van der Waals surface area contributed by atoms with E-state index in [1.54, 1.807) is 11.8 Å². The number of nitrogens with zero attached hydrogens (tertiary/aromatic N) is 3. The molecular formula is C17H25ClN4O2. The Balaban J connectivity index is 0.00000208. The molecule has 132 valence electrons. The van der Waals surface area contributed by atoms with Gasteiger partial charge in [0.2, 0.25) is 11.8 Å². The molecule has 2 heterocycles. The molecule has 0 saturated carbocycles. The second-order valence-corrected chi connectivity index (χ2v) is 6.28. The predicted octanol–water partition coefficient (Wildman–Crippen LogP) is 0.705. The summed E-state index contributed by atoms with van der Waals surface area (Å²) in [5.41, 5.74) is 6.63. The Bertz CT molecular complexity index is 573. The first-order chi connectivity index (χ1) is 11.1. The van der Waals surface area contributed by atoms with Crippen molar-refractivity contribution in [3.63, 3.8) is 0 Å². The van der Waals surface area contributed by atoms with E-state index in [0.717, 1.165) is 31.7 Å². The number of halogens is 1. The van der Waals surface area contributed by atoms with Crippen LogP contribution in [0, 0.1) is 0 Å². The van der Waals surface area contributed by atoms with Gasteiger partial charge in [0.25, 0.3) is 0 Å². The van der Waals surface area contributed by atoms with Crippen LogP contribution in [0.3, 0.4) is 0 Å². The number of hydrogen-bond acceptors (Lipinski definition) is 4. The van der Waals surface area contributed by atoms with E-state index in [9.17, 15) is 9.59 Å². The van der Waals surface area contributed by atoms with Crippen LogP contribution in [-0.2, 0) is 9.59 Å². The lowest BCUT2D eigenvalue weighted by Gasteiger charge is -2.37. The Morgan fingerprint density at radius 3 is 2.33 bits per heavy atom. The van der Waals surface area contributed by atoms with Crippen LogP contribution in [0.1, 0.15) is 13.3 Å². The Hall–Kier alpha value is -1.63. The molecule has 2 atom stereocenters. The highest BCUT2D eigenvalue weighted by Gasteiger charge is 2.38. The van der Waals surface area contributed by atoms with Crippen LogP contribution in [0.15, 0.2) is 30.3 Å². The molecule has 7 heteroatoms. The SMILES string of the molecule is C[C@H](N)C(=O)N1CCN(C2CCN(c3ccccc3)C2=O)CC1.Cl. The van der Waals surface area contributed by atoms with E-state index in [-0.39, 0.29) is 30.3 Å². The van der Waals surface area contributed by atoms with E-state index in [2.05, 4.69) is 4.90 Å². The third-order valence-corrected chi connectivity index (χ3v) is 4.70. The maximum Gasteiger partial charge on any atom is 0.244 e. The highest BCUT2D eigenvalue weighted by molar-refractivity contribution is 5.99. The monoisotopic (exact) mass is 352 g/mol. The highest BCUT2D eigenvalue weighted by atomic mass is 35.5. The van der Waals surface area contributed by atoms with Crippen molar-refractivity contribution in [2.45, 2.75) is 25.4 Å². The average molecular weight is 353 g/mol. The molecule has 6 nitrogen and oxygen atoms in total. The van der Waals surface area contributed by atoms with Gasteiger partial charge in [-0.15, -0.1) is 12.4 Å². The molecule has 2 N–H and O–H groups in total. The molecule has 1 aromatic rings. The lowest BCUT2D eigenvalue weighted by atomic mass is 10.1. The van der Waals surface area contributed by atoms with E-state index >= 15 is 0 Å². The maximum absolute atomic E-state index is 12.7. The minimum Gasteiger partial charge on any atom is -0.339 e. The van der Waals surface area contributed by atoms with E-state index in [0.29, 0.717) is 13.1 Å². The van der Waals surface area contributed by atoms with Crippen molar-refractivity contribution in [1.82, 2.24) is 9.80 Å². The molecule has 24 heavy (non-hydrogen) atoms. The Morgan fingerprint density at radius 1 is 1.12 bits per heavy atom. The number of carbonyl (C=O) groups excluding carboxylic acids is 2. The normalized spacial score (nSPS) is 23.1. The van der Waals surface area contributed by atoms with Crippen molar-refractivity contribution in [3.8, 4) is 0 Å². The number of carbonyl (C=O) groups is 2. The van der Waals surface area contributed by atoms with E-state index < -0.39 is 6.04 Å². The molecule has 0 bridgehead atoms. The van der Waals surface area contributed by atoms with Crippen LogP contribution >= 0.6 is 12.4 Å². The molecule has 2 aliphatic rings. The number of rotatable bonds is 3. The van der Waals surface area contributed by atoms with Crippen molar-refractivity contribution < 1.29 is 9.59 Å². The third kappa shape index (κ3) is 3.71. The van der Waals surface area contributed by atoms with Gasteiger partial charge in [-0.05, 0) is 25.5 Å². The topological polar surface area (TPSA) is 69.9 Å². The number of benzene rings is 1. The quantitative estimate of drug-likeness (QED) is 0.869. The van der Waals surface area contributed by atoms with Crippen molar-refractivity contribution in [2.24, 2.45) is 5.73 Å². The zero-order valence-corrected chi connectivity index (χ0v) is 14.7. The van der Waals surface area contributed by atoms with Gasteiger partial charge in [-0.1, -0.05) is 18.2 Å². The smallest absolute Gasteiger partial charge is 0.244 e. The molecule has 2 aliphatic heterocycles. The first-order valence-corrected chi connectivity index (χ1v) is 8.23. The van der Waals surface area contributed by atoms with Crippen LogP contribution in [-0.4, -0.2) is 66.4 Å². The first-order valence-electron chi connectivity index (χ1n) is 8.23. The minimum absolute atomic E-state index is 0. The number of hydrogen-bond donors (Lipinski definition) is 1. The second-order valence-electron chi connectivity index (χ2n) is 6.28. The summed E-state index contributed by atoms with van der Waals surface area (Å²) in [6.07, 6.45) is 0.842. The number of amides is 2. The van der Waals surface area contributed by atoms with Gasteiger partial charge in [0, 0.05) is 38.4 Å². The highest BCUT2D eigenvalue weighted by Crippen LogP contribution is 2.24. The first kappa shape index (κ1) is 18.7. The lowest BCUT2D eigenvalue weighted by molar-refractivity contribution is -0.134. The molecule has 0 aliphatic carbocycles. The lowest BCUT2D eigenvalue weighted by Crippen LogP contribution is -2.56. The number of anilines is 1. The predicted molar refractivity (Wildman–Crippen MR) is 96.3 cm³/mol. The van der Waals surface area contributed by atoms with E-state index in [1.807, 2.05) is 35.2 Å². The van der Waals surface area contributed by atoms with Gasteiger partial charge in [0.1, 0.15) is 0 Å². The summed E-state index contributed by atoms with van der Waals surface area (Å²) in [6.45, 7) is 5.24. The summed E-state index contributed by atoms with van der Waals surface area (Å²) in [5, 5.41) is 0. The van der Waals surface area contributed by atoms with Crippen molar-refractivity contribution in [3.05, 3.63) is 30.3 Å². The standard InChI is InChI=1S/C17H24N4O2.ClH/c1-13(18)16(22)20-11-9-19(10-12-20)15-7-8-21(17(15)23)14-5-3-2-4-6-14;/h2-6,13,15H,7-12,18H2,1H3;1H/t13-,15?;/m0./s1. The summed E-state index contributed by atoms with van der Waals surface area (Å²) in [7, 11) is 0. The van der Waals surface area contributed by atoms with Gasteiger partial charge in [-0.3, -0.25) is 14.5 Å². The molecule has 1 unspecified atom stereocenters. The molecule has 3 rings (SSSR count). The van der Waals surface area contributed by atoms with Crippen LogP contribution < -0.4 is 10.6 Å². The van der Waals surface area contributed by atoms with Crippen LogP contribution in [0.25, 0.3) is 0 Å². The second kappa shape index (κ2) is 7.96. The molecule has 0 aromatic heterocycles. The molecule has 0 spiro atoms. The van der Waals surface area contributed by atoms with Gasteiger partial charge >= 0.3 is 0 Å². The van der Waals surface area contributed by atoms with Crippen molar-refractivity contribution in [2.75, 3.05) is 37.6 Å². The van der Waals surface area contributed by atoms with Crippen molar-refractivity contribution in [1.29, 1.82) is 0 Å². The Kier molecular flexibility index (Phi) is 6.21. The Morgan fingerprint density at radius 2 is 1.75 bits per heavy atom.